The molecule has 0 radical (unpaired) electrons. The van der Waals surface area contributed by atoms with Crippen LogP contribution in [0.3, 0.4) is 0 Å². The maximum atomic E-state index is 12.9. The first-order chi connectivity index (χ1) is 15.7. The molecule has 0 aliphatic rings. The minimum Gasteiger partial charge on any atom is -0.493 e. The van der Waals surface area contributed by atoms with Crippen LogP contribution >= 0.6 is 15.9 Å². The average Bonchev–Trinajstić information content (AvgIpc) is 2.79. The van der Waals surface area contributed by atoms with Gasteiger partial charge in [-0.05, 0) is 38.1 Å². The first kappa shape index (κ1) is 23.9. The zero-order valence-corrected chi connectivity index (χ0v) is 19.7. The zero-order chi connectivity index (χ0) is 24.3. The molecule has 1 heterocycles. The van der Waals surface area contributed by atoms with Crippen molar-refractivity contribution in [2.45, 2.75) is 20.0 Å². The number of methoxy groups -OCH3 is 2. The quantitative estimate of drug-likeness (QED) is 0.201. The molecule has 3 rings (SSSR count). The molecular weight excluding hydrogens is 500 g/mol. The van der Waals surface area contributed by atoms with Crippen molar-refractivity contribution in [3.05, 3.63) is 66.7 Å². The number of nitro benzene ring substituents is 1. The van der Waals surface area contributed by atoms with E-state index in [2.05, 4.69) is 30.8 Å². The van der Waals surface area contributed by atoms with Gasteiger partial charge in [0.2, 0.25) is 5.75 Å². The Labute approximate surface area is 195 Å². The molecule has 11 nitrogen and oxygen atoms in total. The molecule has 1 aromatic heterocycles. The SMILES string of the molecule is COC(=O)[C@@H](C)Oc1c(OC)cc(C=Nn2c(C)nc3ccc(Br)cc3c2=O)cc1[N+](=O)[O-]. The maximum absolute atomic E-state index is 12.9. The lowest BCUT2D eigenvalue weighted by molar-refractivity contribution is -0.386. The van der Waals surface area contributed by atoms with E-state index in [4.69, 9.17) is 9.47 Å². The Morgan fingerprint density at radius 3 is 2.67 bits per heavy atom. The van der Waals surface area contributed by atoms with Gasteiger partial charge in [0.05, 0.1) is 36.3 Å². The average molecular weight is 519 g/mol. The Morgan fingerprint density at radius 1 is 1.30 bits per heavy atom. The number of fused-ring (bicyclic) bond motifs is 1. The molecule has 0 N–H and O–H groups in total. The highest BCUT2D eigenvalue weighted by Crippen LogP contribution is 2.38. The van der Waals surface area contributed by atoms with Crippen LogP contribution in [-0.2, 0) is 9.53 Å². The van der Waals surface area contributed by atoms with Gasteiger partial charge >= 0.3 is 11.7 Å². The number of aromatic nitrogens is 2. The van der Waals surface area contributed by atoms with Crippen LogP contribution in [-0.4, -0.2) is 47.1 Å². The summed E-state index contributed by atoms with van der Waals surface area (Å²) >= 11 is 3.33. The van der Waals surface area contributed by atoms with Crippen molar-refractivity contribution in [1.29, 1.82) is 0 Å². The first-order valence-electron chi connectivity index (χ1n) is 9.50. The summed E-state index contributed by atoms with van der Waals surface area (Å²) < 4.78 is 17.1. The number of carbonyl (C=O) groups excluding carboxylic acids is 1. The fraction of sp³-hybridized carbons (Fsp3) is 0.238. The molecule has 172 valence electrons. The van der Waals surface area contributed by atoms with Crippen molar-refractivity contribution in [3.8, 4) is 11.5 Å². The topological polar surface area (TPSA) is 135 Å². The fourth-order valence-electron chi connectivity index (χ4n) is 3.00. The Bertz CT molecular complexity index is 1340. The number of carbonyl (C=O) groups is 1. The standard InChI is InChI=1S/C21H19BrN4O7/c1-11(21(28)32-4)33-19-17(26(29)30)7-13(8-18(19)31-3)10-23-25-12(2)24-16-6-5-14(22)9-15(16)20(25)27/h5-11H,1-4H3/t11-/m1/s1. The van der Waals surface area contributed by atoms with Gasteiger partial charge in [-0.2, -0.15) is 9.78 Å². The van der Waals surface area contributed by atoms with E-state index in [1.54, 1.807) is 25.1 Å². The lowest BCUT2D eigenvalue weighted by atomic mass is 10.1. The van der Waals surface area contributed by atoms with Crippen molar-refractivity contribution in [3.63, 3.8) is 0 Å². The van der Waals surface area contributed by atoms with Gasteiger partial charge < -0.3 is 14.2 Å². The summed E-state index contributed by atoms with van der Waals surface area (Å²) in [6.07, 6.45) is 0.162. The molecule has 0 fully saturated rings. The minimum atomic E-state index is -1.11. The van der Waals surface area contributed by atoms with Gasteiger partial charge in [0.15, 0.2) is 11.9 Å². The third-order valence-corrected chi connectivity index (χ3v) is 5.09. The number of halogens is 1. The highest BCUT2D eigenvalue weighted by atomic mass is 79.9. The van der Waals surface area contributed by atoms with Crippen molar-refractivity contribution < 1.29 is 23.9 Å². The Hall–Kier alpha value is -3.80. The van der Waals surface area contributed by atoms with Crippen LogP contribution in [0.2, 0.25) is 0 Å². The summed E-state index contributed by atoms with van der Waals surface area (Å²) in [6.45, 7) is 3.01. The fourth-order valence-corrected chi connectivity index (χ4v) is 3.36. The van der Waals surface area contributed by atoms with Gasteiger partial charge in [-0.15, -0.1) is 0 Å². The molecule has 0 spiro atoms. The number of benzene rings is 2. The van der Waals surface area contributed by atoms with Crippen LogP contribution in [0.4, 0.5) is 5.69 Å². The van der Waals surface area contributed by atoms with Gasteiger partial charge in [0.1, 0.15) is 5.82 Å². The van der Waals surface area contributed by atoms with Crippen molar-refractivity contribution >= 4 is 44.7 Å². The van der Waals surface area contributed by atoms with Gasteiger partial charge in [0, 0.05) is 16.1 Å². The van der Waals surface area contributed by atoms with Gasteiger partial charge in [-0.1, -0.05) is 15.9 Å². The summed E-state index contributed by atoms with van der Waals surface area (Å²) in [7, 11) is 2.48. The Morgan fingerprint density at radius 2 is 2.03 bits per heavy atom. The van der Waals surface area contributed by atoms with E-state index in [1.807, 2.05) is 0 Å². The third kappa shape index (κ3) is 5.00. The van der Waals surface area contributed by atoms with E-state index in [1.165, 1.54) is 39.5 Å². The lowest BCUT2D eigenvalue weighted by Crippen LogP contribution is -2.25. The second kappa shape index (κ2) is 9.77. The Kier molecular flexibility index (Phi) is 7.07. The highest BCUT2D eigenvalue weighted by Gasteiger charge is 2.26. The number of aryl methyl sites for hydroxylation is 1. The third-order valence-electron chi connectivity index (χ3n) is 4.59. The highest BCUT2D eigenvalue weighted by molar-refractivity contribution is 9.10. The normalized spacial score (nSPS) is 12.0. The van der Waals surface area contributed by atoms with E-state index in [9.17, 15) is 19.7 Å². The van der Waals surface area contributed by atoms with Crippen LogP contribution in [0, 0.1) is 17.0 Å². The largest absolute Gasteiger partial charge is 0.493 e. The lowest BCUT2D eigenvalue weighted by Gasteiger charge is -2.15. The van der Waals surface area contributed by atoms with Crippen molar-refractivity contribution in [2.24, 2.45) is 5.10 Å². The number of rotatable bonds is 7. The summed E-state index contributed by atoms with van der Waals surface area (Å²) in [4.78, 5) is 39.9. The van der Waals surface area contributed by atoms with E-state index in [0.29, 0.717) is 21.2 Å². The van der Waals surface area contributed by atoms with E-state index >= 15 is 0 Å². The van der Waals surface area contributed by atoms with E-state index in [-0.39, 0.29) is 17.1 Å². The number of esters is 1. The van der Waals surface area contributed by atoms with E-state index < -0.39 is 28.2 Å². The van der Waals surface area contributed by atoms with Crippen LogP contribution in [0.5, 0.6) is 11.5 Å². The summed E-state index contributed by atoms with van der Waals surface area (Å²) in [6, 6.07) is 7.75. The van der Waals surface area contributed by atoms with Gasteiger partial charge in [0.25, 0.3) is 5.56 Å². The monoisotopic (exact) mass is 518 g/mol. The van der Waals surface area contributed by atoms with Crippen LogP contribution in [0.1, 0.15) is 18.3 Å². The maximum Gasteiger partial charge on any atom is 0.346 e. The predicted molar refractivity (Wildman–Crippen MR) is 123 cm³/mol. The number of nitro groups is 1. The van der Waals surface area contributed by atoms with Crippen molar-refractivity contribution in [2.75, 3.05) is 14.2 Å². The molecule has 0 aliphatic heterocycles. The molecule has 0 amide bonds. The van der Waals surface area contributed by atoms with Gasteiger partial charge in [-0.3, -0.25) is 14.9 Å². The second-order valence-corrected chi connectivity index (χ2v) is 7.71. The van der Waals surface area contributed by atoms with Crippen LogP contribution in [0.25, 0.3) is 10.9 Å². The molecule has 33 heavy (non-hydrogen) atoms. The van der Waals surface area contributed by atoms with Crippen LogP contribution in [0.15, 0.2) is 44.7 Å². The number of ether oxygens (including phenoxy) is 3. The summed E-state index contributed by atoms with van der Waals surface area (Å²) in [5.74, 6) is -0.601. The molecular formula is C21H19BrN4O7. The van der Waals surface area contributed by atoms with Crippen molar-refractivity contribution in [1.82, 2.24) is 9.66 Å². The van der Waals surface area contributed by atoms with E-state index in [0.717, 1.165) is 4.68 Å². The van der Waals surface area contributed by atoms with Gasteiger partial charge in [-0.25, -0.2) is 9.78 Å². The molecule has 1 atom stereocenters. The molecule has 12 heteroatoms. The molecule has 2 aromatic carbocycles. The molecule has 0 saturated heterocycles. The molecule has 0 aliphatic carbocycles. The first-order valence-corrected chi connectivity index (χ1v) is 10.3. The summed E-state index contributed by atoms with van der Waals surface area (Å²) in [5, 5.41) is 16.2. The second-order valence-electron chi connectivity index (χ2n) is 6.79. The molecule has 0 saturated carbocycles. The van der Waals surface area contributed by atoms with Crippen LogP contribution < -0.4 is 15.0 Å². The Balaban J connectivity index is 2.07. The summed E-state index contributed by atoms with van der Waals surface area (Å²) in [5.41, 5.74) is -0.0671. The minimum absolute atomic E-state index is 0.00559. The molecule has 0 unspecified atom stereocenters. The number of hydrogen-bond donors (Lipinski definition) is 0. The number of nitrogens with zero attached hydrogens (tertiary/aromatic N) is 4. The molecule has 0 bridgehead atoms. The predicted octanol–water partition coefficient (Wildman–Crippen LogP) is 3.21. The zero-order valence-electron chi connectivity index (χ0n) is 18.1. The molecule has 3 aromatic rings. The number of hydrogen-bond acceptors (Lipinski definition) is 9. The smallest absolute Gasteiger partial charge is 0.346 e.